The lowest BCUT2D eigenvalue weighted by atomic mass is 9.85. The third-order valence-corrected chi connectivity index (χ3v) is 5.93. The molecule has 0 saturated heterocycles. The van der Waals surface area contributed by atoms with Crippen molar-refractivity contribution in [3.63, 3.8) is 0 Å². The molecule has 0 unspecified atom stereocenters. The van der Waals surface area contributed by atoms with Crippen molar-refractivity contribution in [1.29, 1.82) is 0 Å². The van der Waals surface area contributed by atoms with E-state index < -0.39 is 4.92 Å². The van der Waals surface area contributed by atoms with Crippen LogP contribution in [0.4, 0.5) is 11.4 Å². The Morgan fingerprint density at radius 2 is 1.57 bits per heavy atom. The highest BCUT2D eigenvalue weighted by Crippen LogP contribution is 2.59. The van der Waals surface area contributed by atoms with E-state index in [-0.39, 0.29) is 22.9 Å². The number of nitrogens with zero attached hydrogens (tertiary/aromatic N) is 1. The fraction of sp³-hybridized carbons (Fsp3) is 0.136. The first-order valence-corrected chi connectivity index (χ1v) is 9.67. The van der Waals surface area contributed by atoms with E-state index in [1.165, 1.54) is 12.1 Å². The van der Waals surface area contributed by atoms with E-state index in [0.717, 1.165) is 17.5 Å². The van der Waals surface area contributed by atoms with Crippen molar-refractivity contribution in [3.8, 4) is 0 Å². The van der Waals surface area contributed by atoms with Crippen molar-refractivity contribution in [1.82, 2.24) is 0 Å². The molecule has 4 rings (SSSR count). The van der Waals surface area contributed by atoms with Gasteiger partial charge in [-0.05, 0) is 39.5 Å². The number of halogens is 1. The summed E-state index contributed by atoms with van der Waals surface area (Å²) in [4.78, 5) is 23.5. The van der Waals surface area contributed by atoms with E-state index in [4.69, 9.17) is 0 Å². The smallest absolute Gasteiger partial charge is 0.270 e. The third-order valence-electron chi connectivity index (χ3n) is 5.28. The number of hydrogen-bond donors (Lipinski definition) is 1. The molecule has 0 radical (unpaired) electrons. The number of nitro groups is 1. The average Bonchev–Trinajstić information content (AvgIpc) is 3.48. The highest BCUT2D eigenvalue weighted by molar-refractivity contribution is 9.10. The SMILES string of the molecule is O=C(Nc1ccc([N+](=O)[O-])cc1Br)[C@@H]1CC1(c1ccccc1)c1ccccc1. The predicted octanol–water partition coefficient (Wildman–Crippen LogP) is 5.30. The van der Waals surface area contributed by atoms with E-state index in [9.17, 15) is 14.9 Å². The van der Waals surface area contributed by atoms with Gasteiger partial charge < -0.3 is 5.32 Å². The zero-order chi connectivity index (χ0) is 19.7. The van der Waals surface area contributed by atoms with Gasteiger partial charge in [0.25, 0.3) is 5.69 Å². The van der Waals surface area contributed by atoms with Crippen LogP contribution in [0.2, 0.25) is 0 Å². The van der Waals surface area contributed by atoms with Crippen molar-refractivity contribution in [2.24, 2.45) is 5.92 Å². The number of nitro benzene ring substituents is 1. The molecule has 0 aromatic heterocycles. The summed E-state index contributed by atoms with van der Waals surface area (Å²) in [6.45, 7) is 0. The van der Waals surface area contributed by atoms with Crippen molar-refractivity contribution in [2.75, 3.05) is 5.32 Å². The van der Waals surface area contributed by atoms with Crippen molar-refractivity contribution in [2.45, 2.75) is 11.8 Å². The molecule has 5 nitrogen and oxygen atoms in total. The second-order valence-corrected chi connectivity index (χ2v) is 7.72. The summed E-state index contributed by atoms with van der Waals surface area (Å²) in [6.07, 6.45) is 0.720. The van der Waals surface area contributed by atoms with Crippen LogP contribution in [0.25, 0.3) is 0 Å². The number of non-ortho nitro benzene ring substituents is 1. The van der Waals surface area contributed by atoms with Gasteiger partial charge in [-0.25, -0.2) is 0 Å². The number of benzene rings is 3. The van der Waals surface area contributed by atoms with E-state index >= 15 is 0 Å². The van der Waals surface area contributed by atoms with Gasteiger partial charge in [-0.15, -0.1) is 0 Å². The maximum absolute atomic E-state index is 13.0. The van der Waals surface area contributed by atoms with Gasteiger partial charge in [0.05, 0.1) is 16.5 Å². The molecule has 1 N–H and O–H groups in total. The number of rotatable bonds is 5. The molecule has 1 saturated carbocycles. The maximum Gasteiger partial charge on any atom is 0.270 e. The first-order valence-electron chi connectivity index (χ1n) is 8.88. The van der Waals surface area contributed by atoms with Crippen LogP contribution >= 0.6 is 15.9 Å². The molecule has 6 heteroatoms. The molecule has 3 aromatic carbocycles. The average molecular weight is 437 g/mol. The highest BCUT2D eigenvalue weighted by Gasteiger charge is 2.60. The van der Waals surface area contributed by atoms with Crippen LogP contribution in [0.15, 0.2) is 83.3 Å². The van der Waals surface area contributed by atoms with Crippen LogP contribution in [0.1, 0.15) is 17.5 Å². The fourth-order valence-electron chi connectivity index (χ4n) is 3.79. The Balaban J connectivity index is 1.63. The lowest BCUT2D eigenvalue weighted by molar-refractivity contribution is -0.384. The summed E-state index contributed by atoms with van der Waals surface area (Å²) in [6, 6.07) is 24.4. The summed E-state index contributed by atoms with van der Waals surface area (Å²) in [5.74, 6) is -0.304. The number of carbonyl (C=O) groups is 1. The van der Waals surface area contributed by atoms with Gasteiger partial charge in [0, 0.05) is 22.0 Å². The minimum absolute atomic E-state index is 0.0285. The molecular formula is C22H17BrN2O3. The normalized spacial score (nSPS) is 17.0. The van der Waals surface area contributed by atoms with Crippen molar-refractivity contribution >= 4 is 33.2 Å². The summed E-state index contributed by atoms with van der Waals surface area (Å²) >= 11 is 3.31. The van der Waals surface area contributed by atoms with Gasteiger partial charge in [-0.3, -0.25) is 14.9 Å². The number of carbonyl (C=O) groups excluding carboxylic acids is 1. The second kappa shape index (κ2) is 7.20. The molecule has 1 aliphatic rings. The zero-order valence-corrected chi connectivity index (χ0v) is 16.4. The van der Waals surface area contributed by atoms with Crippen molar-refractivity contribution in [3.05, 3.63) is 105 Å². The van der Waals surface area contributed by atoms with Gasteiger partial charge in [-0.2, -0.15) is 0 Å². The van der Waals surface area contributed by atoms with Gasteiger partial charge in [0.2, 0.25) is 5.91 Å². The summed E-state index contributed by atoms with van der Waals surface area (Å²) in [7, 11) is 0. The Morgan fingerprint density at radius 1 is 1.00 bits per heavy atom. The molecule has 3 aromatic rings. The Morgan fingerprint density at radius 3 is 2.07 bits per heavy atom. The van der Waals surface area contributed by atoms with Gasteiger partial charge in [0.1, 0.15) is 0 Å². The van der Waals surface area contributed by atoms with E-state index in [1.807, 2.05) is 36.4 Å². The van der Waals surface area contributed by atoms with Gasteiger partial charge in [0.15, 0.2) is 0 Å². The zero-order valence-electron chi connectivity index (χ0n) is 14.8. The maximum atomic E-state index is 13.0. The van der Waals surface area contributed by atoms with Crippen LogP contribution in [0.3, 0.4) is 0 Å². The topological polar surface area (TPSA) is 72.2 Å². The van der Waals surface area contributed by atoms with Crippen LogP contribution in [0.5, 0.6) is 0 Å². The molecule has 0 heterocycles. The largest absolute Gasteiger partial charge is 0.325 e. The molecule has 28 heavy (non-hydrogen) atoms. The standard InChI is InChI=1S/C22H17BrN2O3/c23-19-13-17(25(27)28)11-12-20(19)24-21(26)18-14-22(18,15-7-3-1-4-8-15)16-9-5-2-6-10-16/h1-13,18H,14H2,(H,24,26)/t18-/m0/s1. The van der Waals surface area contributed by atoms with Crippen LogP contribution in [-0.4, -0.2) is 10.8 Å². The number of anilines is 1. The van der Waals surface area contributed by atoms with Crippen LogP contribution in [-0.2, 0) is 10.2 Å². The third kappa shape index (κ3) is 3.20. The Bertz CT molecular complexity index is 999. The number of amides is 1. The molecular weight excluding hydrogens is 420 g/mol. The predicted molar refractivity (Wildman–Crippen MR) is 111 cm³/mol. The minimum atomic E-state index is -0.465. The Kier molecular flexibility index (Phi) is 4.73. The Labute approximate surface area is 170 Å². The summed E-state index contributed by atoms with van der Waals surface area (Å²) in [5, 5.41) is 13.8. The Hall–Kier alpha value is -2.99. The van der Waals surface area contributed by atoms with Gasteiger partial charge in [-0.1, -0.05) is 60.7 Å². The van der Waals surface area contributed by atoms with E-state index in [1.54, 1.807) is 6.07 Å². The van der Waals surface area contributed by atoms with E-state index in [2.05, 4.69) is 45.5 Å². The highest BCUT2D eigenvalue weighted by atomic mass is 79.9. The van der Waals surface area contributed by atoms with Crippen LogP contribution < -0.4 is 5.32 Å². The molecule has 140 valence electrons. The fourth-order valence-corrected chi connectivity index (χ4v) is 4.26. The number of hydrogen-bond acceptors (Lipinski definition) is 3. The molecule has 1 fully saturated rings. The molecule has 1 atom stereocenters. The van der Waals surface area contributed by atoms with Crippen molar-refractivity contribution < 1.29 is 9.72 Å². The molecule has 0 spiro atoms. The lowest BCUT2D eigenvalue weighted by Gasteiger charge is -2.19. The molecule has 1 amide bonds. The minimum Gasteiger partial charge on any atom is -0.325 e. The first-order chi connectivity index (χ1) is 13.5. The molecule has 1 aliphatic carbocycles. The van der Waals surface area contributed by atoms with Gasteiger partial charge >= 0.3 is 0 Å². The lowest BCUT2D eigenvalue weighted by Crippen LogP contribution is -2.22. The monoisotopic (exact) mass is 436 g/mol. The molecule has 0 bridgehead atoms. The van der Waals surface area contributed by atoms with E-state index in [0.29, 0.717) is 10.2 Å². The quantitative estimate of drug-likeness (QED) is 0.435. The summed E-state index contributed by atoms with van der Waals surface area (Å²) in [5.41, 5.74) is 2.38. The van der Waals surface area contributed by atoms with Crippen LogP contribution in [0, 0.1) is 16.0 Å². The second-order valence-electron chi connectivity index (χ2n) is 6.87. The number of nitrogens with one attached hydrogen (secondary N) is 1. The molecule has 0 aliphatic heterocycles. The first kappa shape index (κ1) is 18.4. The summed E-state index contributed by atoms with van der Waals surface area (Å²) < 4.78 is 0.487.